The molecule has 0 saturated carbocycles. The average Bonchev–Trinajstić information content (AvgIpc) is 3.76. The number of unbranched alkanes of at least 4 members (excludes halogenated alkanes) is 2. The van der Waals surface area contributed by atoms with Crippen LogP contribution in [0.4, 0.5) is 0 Å². The minimum absolute atomic E-state index is 0.707. The van der Waals surface area contributed by atoms with Crippen molar-refractivity contribution in [2.24, 2.45) is 0 Å². The van der Waals surface area contributed by atoms with Crippen molar-refractivity contribution in [1.29, 1.82) is 0 Å². The summed E-state index contributed by atoms with van der Waals surface area (Å²) in [7, 11) is 0. The van der Waals surface area contributed by atoms with Crippen LogP contribution >= 0.6 is 0 Å². The molecule has 0 N–H and O–H groups in total. The summed E-state index contributed by atoms with van der Waals surface area (Å²) in [6.07, 6.45) is 9.31. The van der Waals surface area contributed by atoms with Gasteiger partial charge in [-0.25, -0.2) is 23.3 Å². The molecule has 0 bridgehead atoms. The lowest BCUT2D eigenvalue weighted by Crippen LogP contribution is -2.35. The van der Waals surface area contributed by atoms with E-state index in [1.807, 2.05) is 0 Å². The quantitative estimate of drug-likeness (QED) is 0.103. The normalized spacial score (nSPS) is 12.5. The van der Waals surface area contributed by atoms with E-state index in [9.17, 15) is 0 Å². The van der Waals surface area contributed by atoms with Crippen LogP contribution in [0.5, 0.6) is 0 Å². The zero-order valence-corrected chi connectivity index (χ0v) is 31.0. The Morgan fingerprint density at radius 2 is 0.815 bits per heavy atom. The standard InChI is InChI=1S/C49H43N5/c1-3-5-26-51-30-53(48-40-20-9-14-34-24-22-32-12-7-18-38(46(48)51)42(32)44(34)40)28-36-16-11-17-37(50-36)29-54-31-52(27-6-4-2)47-39-19-8-13-33-23-25-35-15-10-21-41(49(47)54)45(35)43(33)39/h7-25,30-31H,3-6,26-29H2,1-2H3/q+2. The Morgan fingerprint density at radius 1 is 0.444 bits per heavy atom. The Hall–Kier alpha value is -6.07. The molecule has 0 spiro atoms. The van der Waals surface area contributed by atoms with E-state index in [1.165, 1.54) is 86.7 Å². The molecule has 11 rings (SSSR count). The molecule has 0 saturated heterocycles. The maximum atomic E-state index is 5.41. The molecule has 0 aliphatic heterocycles. The summed E-state index contributed by atoms with van der Waals surface area (Å²) >= 11 is 0. The first-order chi connectivity index (χ1) is 26.7. The largest absolute Gasteiger partial charge is 0.250 e. The fourth-order valence-electron chi connectivity index (χ4n) is 9.63. The van der Waals surface area contributed by atoms with Gasteiger partial charge in [0.15, 0.2) is 22.1 Å². The van der Waals surface area contributed by atoms with E-state index >= 15 is 0 Å². The number of aromatic nitrogens is 5. The van der Waals surface area contributed by atoms with Crippen molar-refractivity contribution >= 4 is 86.7 Å². The van der Waals surface area contributed by atoms with Crippen LogP contribution in [-0.2, 0) is 26.2 Å². The maximum absolute atomic E-state index is 5.41. The molecule has 8 aromatic carbocycles. The van der Waals surface area contributed by atoms with Crippen LogP contribution in [0.25, 0.3) is 86.7 Å². The van der Waals surface area contributed by atoms with E-state index in [-0.39, 0.29) is 0 Å². The van der Waals surface area contributed by atoms with Crippen molar-refractivity contribution in [1.82, 2.24) is 14.1 Å². The van der Waals surface area contributed by atoms with E-state index in [2.05, 4.69) is 160 Å². The van der Waals surface area contributed by atoms with Gasteiger partial charge in [-0.1, -0.05) is 106 Å². The highest BCUT2D eigenvalue weighted by Gasteiger charge is 2.27. The minimum Gasteiger partial charge on any atom is -0.250 e. The van der Waals surface area contributed by atoms with Crippen molar-refractivity contribution < 1.29 is 9.13 Å². The lowest BCUT2D eigenvalue weighted by atomic mass is 9.93. The lowest BCUT2D eigenvalue weighted by Gasteiger charge is -2.12. The highest BCUT2D eigenvalue weighted by atomic mass is 15.2. The predicted octanol–water partition coefficient (Wildman–Crippen LogP) is 11.1. The summed E-state index contributed by atoms with van der Waals surface area (Å²) < 4.78 is 9.95. The Morgan fingerprint density at radius 3 is 1.22 bits per heavy atom. The van der Waals surface area contributed by atoms with Gasteiger partial charge in [-0.2, -0.15) is 0 Å². The Labute approximate surface area is 314 Å². The zero-order chi connectivity index (χ0) is 35.9. The Bertz CT molecular complexity index is 2990. The molecule has 0 unspecified atom stereocenters. The first kappa shape index (κ1) is 31.5. The summed E-state index contributed by atoms with van der Waals surface area (Å²) in [6.45, 7) is 7.96. The highest BCUT2D eigenvalue weighted by Crippen LogP contribution is 2.41. The second-order valence-electron chi connectivity index (χ2n) is 15.3. The Balaban J connectivity index is 1.07. The van der Waals surface area contributed by atoms with Crippen molar-refractivity contribution in [3.63, 3.8) is 0 Å². The van der Waals surface area contributed by atoms with Gasteiger partial charge in [-0.05, 0) is 70.8 Å². The van der Waals surface area contributed by atoms with Crippen molar-refractivity contribution in [3.8, 4) is 0 Å². The monoisotopic (exact) mass is 701 g/mol. The Kier molecular flexibility index (Phi) is 7.13. The average molecular weight is 702 g/mol. The first-order valence-corrected chi connectivity index (χ1v) is 19.8. The fourth-order valence-corrected chi connectivity index (χ4v) is 9.63. The molecular weight excluding hydrogens is 659 g/mol. The van der Waals surface area contributed by atoms with Crippen molar-refractivity contribution in [3.05, 3.63) is 139 Å². The van der Waals surface area contributed by atoms with E-state index < -0.39 is 0 Å². The van der Waals surface area contributed by atoms with Gasteiger partial charge in [-0.3, -0.25) is 0 Å². The molecule has 3 heterocycles. The van der Waals surface area contributed by atoms with Crippen LogP contribution in [0.15, 0.2) is 128 Å². The molecule has 0 radical (unpaired) electrons. The van der Waals surface area contributed by atoms with Gasteiger partial charge in [0, 0.05) is 43.1 Å². The van der Waals surface area contributed by atoms with E-state index in [4.69, 9.17) is 4.98 Å². The van der Waals surface area contributed by atoms with Crippen LogP contribution in [0, 0.1) is 0 Å². The molecule has 0 aliphatic rings. The van der Waals surface area contributed by atoms with Gasteiger partial charge in [0.25, 0.3) is 0 Å². The second kappa shape index (κ2) is 12.2. The third-order valence-electron chi connectivity index (χ3n) is 12.0. The van der Waals surface area contributed by atoms with Gasteiger partial charge < -0.3 is 0 Å². The molecule has 11 aromatic rings. The summed E-state index contributed by atoms with van der Waals surface area (Å²) in [5, 5.41) is 16.0. The zero-order valence-electron chi connectivity index (χ0n) is 31.0. The van der Waals surface area contributed by atoms with Gasteiger partial charge in [0.2, 0.25) is 12.7 Å². The maximum Gasteiger partial charge on any atom is 0.245 e. The molecule has 0 fully saturated rings. The number of benzene rings is 8. The van der Waals surface area contributed by atoms with Crippen LogP contribution in [0.1, 0.15) is 50.9 Å². The van der Waals surface area contributed by atoms with Gasteiger partial charge >= 0.3 is 0 Å². The number of fused-ring (bicyclic) bond motifs is 6. The van der Waals surface area contributed by atoms with E-state index in [1.54, 1.807) is 0 Å². The number of hydrogen-bond acceptors (Lipinski definition) is 1. The summed E-state index contributed by atoms with van der Waals surface area (Å²) in [5.74, 6) is 0. The number of rotatable bonds is 10. The van der Waals surface area contributed by atoms with E-state index in [0.29, 0.717) is 13.1 Å². The van der Waals surface area contributed by atoms with Crippen LogP contribution in [0.3, 0.4) is 0 Å². The summed E-state index contributed by atoms with van der Waals surface area (Å²) in [4.78, 5) is 5.41. The first-order valence-electron chi connectivity index (χ1n) is 19.8. The van der Waals surface area contributed by atoms with Crippen LogP contribution < -0.4 is 9.13 Å². The second-order valence-corrected chi connectivity index (χ2v) is 15.3. The molecule has 5 heteroatoms. The number of aryl methyl sites for hydroxylation is 2. The third kappa shape index (κ3) is 4.60. The van der Waals surface area contributed by atoms with Gasteiger partial charge in [-0.15, -0.1) is 0 Å². The molecular formula is C49H43N5+2. The molecule has 262 valence electrons. The molecule has 0 aliphatic carbocycles. The highest BCUT2D eigenvalue weighted by molar-refractivity contribution is 6.33. The SMILES string of the molecule is CCCCn1c[n+](Cc2cccc(C[n+]3cn(CCCC)c4c5cccc6ccc7cccc(c7c65)c43)n2)c2c3cccc4ccc5cccc(c5c43)c21. The fraction of sp³-hybridized carbons (Fsp3) is 0.204. The number of imidazole rings is 2. The lowest BCUT2D eigenvalue weighted by molar-refractivity contribution is -0.664. The molecule has 0 atom stereocenters. The van der Waals surface area contributed by atoms with Crippen molar-refractivity contribution in [2.75, 3.05) is 0 Å². The number of pyridine rings is 1. The molecule has 3 aromatic heterocycles. The minimum atomic E-state index is 0.707. The molecule has 54 heavy (non-hydrogen) atoms. The summed E-state index contributed by atoms with van der Waals surface area (Å²) in [5.41, 5.74) is 7.41. The van der Waals surface area contributed by atoms with Gasteiger partial charge in [0.05, 0.1) is 24.5 Å². The van der Waals surface area contributed by atoms with E-state index in [0.717, 1.165) is 50.2 Å². The van der Waals surface area contributed by atoms with Gasteiger partial charge in [0.1, 0.15) is 13.1 Å². The number of hydrogen-bond donors (Lipinski definition) is 0. The van der Waals surface area contributed by atoms with Crippen LogP contribution in [0.2, 0.25) is 0 Å². The summed E-state index contributed by atoms with van der Waals surface area (Å²) in [6, 6.07) is 43.0. The third-order valence-corrected chi connectivity index (χ3v) is 12.0. The van der Waals surface area contributed by atoms with Crippen LogP contribution in [-0.4, -0.2) is 14.1 Å². The topological polar surface area (TPSA) is 30.5 Å². The molecule has 5 nitrogen and oxygen atoms in total. The number of nitrogens with zero attached hydrogens (tertiary/aromatic N) is 5. The molecule has 0 amide bonds. The smallest absolute Gasteiger partial charge is 0.245 e. The predicted molar refractivity (Wildman–Crippen MR) is 224 cm³/mol. The van der Waals surface area contributed by atoms with Crippen molar-refractivity contribution in [2.45, 2.75) is 65.7 Å².